The Morgan fingerprint density at radius 3 is 3.00 bits per heavy atom. The highest BCUT2D eigenvalue weighted by Gasteiger charge is 2.24. The Kier molecular flexibility index (Phi) is 4.52. The summed E-state index contributed by atoms with van der Waals surface area (Å²) in [6, 6.07) is 4.11. The van der Waals surface area contributed by atoms with Gasteiger partial charge in [0.25, 0.3) is 0 Å². The lowest BCUT2D eigenvalue weighted by molar-refractivity contribution is -0.0333. The quantitative estimate of drug-likeness (QED) is 0.858. The van der Waals surface area contributed by atoms with Gasteiger partial charge in [-0.25, -0.2) is 4.98 Å². The van der Waals surface area contributed by atoms with E-state index < -0.39 is 0 Å². The van der Waals surface area contributed by atoms with Crippen molar-refractivity contribution < 1.29 is 9.47 Å². The molecule has 0 saturated carbocycles. The predicted octanol–water partition coefficient (Wildman–Crippen LogP) is 0.811. The zero-order chi connectivity index (χ0) is 13.0. The molecule has 2 heterocycles. The van der Waals surface area contributed by atoms with Gasteiger partial charge >= 0.3 is 0 Å². The second-order valence-corrected chi connectivity index (χ2v) is 4.56. The van der Waals surface area contributed by atoms with Crippen LogP contribution in [0.15, 0.2) is 18.3 Å². The number of morpholine rings is 1. The SMILES string of the molecule is COc1ccc(C(CN)N2CCOC(C)C2)cn1. The lowest BCUT2D eigenvalue weighted by atomic mass is 10.1. The van der Waals surface area contributed by atoms with Gasteiger partial charge in [0, 0.05) is 37.9 Å². The minimum absolute atomic E-state index is 0.203. The highest BCUT2D eigenvalue weighted by Crippen LogP contribution is 2.22. The molecule has 0 radical (unpaired) electrons. The molecule has 18 heavy (non-hydrogen) atoms. The van der Waals surface area contributed by atoms with Crippen molar-refractivity contribution in [2.75, 3.05) is 33.4 Å². The van der Waals surface area contributed by atoms with Crippen LogP contribution in [0.3, 0.4) is 0 Å². The average molecular weight is 251 g/mol. The summed E-state index contributed by atoms with van der Waals surface area (Å²) < 4.78 is 10.6. The molecule has 5 heteroatoms. The van der Waals surface area contributed by atoms with Crippen LogP contribution >= 0.6 is 0 Å². The number of methoxy groups -OCH3 is 1. The molecule has 1 aromatic heterocycles. The van der Waals surface area contributed by atoms with Crippen LogP contribution in [0.2, 0.25) is 0 Å². The van der Waals surface area contributed by atoms with Gasteiger partial charge in [0.1, 0.15) is 0 Å². The lowest BCUT2D eigenvalue weighted by Gasteiger charge is -2.36. The van der Waals surface area contributed by atoms with Crippen molar-refractivity contribution in [3.05, 3.63) is 23.9 Å². The summed E-state index contributed by atoms with van der Waals surface area (Å²) in [6.45, 7) is 5.26. The molecule has 1 saturated heterocycles. The maximum Gasteiger partial charge on any atom is 0.212 e. The topological polar surface area (TPSA) is 60.6 Å². The van der Waals surface area contributed by atoms with E-state index in [2.05, 4.69) is 16.8 Å². The Labute approximate surface area is 108 Å². The summed E-state index contributed by atoms with van der Waals surface area (Å²) >= 11 is 0. The largest absolute Gasteiger partial charge is 0.481 e. The highest BCUT2D eigenvalue weighted by molar-refractivity contribution is 5.21. The van der Waals surface area contributed by atoms with E-state index in [9.17, 15) is 0 Å². The maximum atomic E-state index is 5.91. The number of pyridine rings is 1. The third-order valence-corrected chi connectivity index (χ3v) is 3.29. The molecule has 1 fully saturated rings. The molecule has 0 spiro atoms. The van der Waals surface area contributed by atoms with E-state index in [-0.39, 0.29) is 12.1 Å². The van der Waals surface area contributed by atoms with Crippen LogP contribution in [0, 0.1) is 0 Å². The Balaban J connectivity index is 2.11. The standard InChI is InChI=1S/C13H21N3O2/c1-10-9-16(5-6-18-10)12(7-14)11-3-4-13(17-2)15-8-11/h3-4,8,10,12H,5-7,9,14H2,1-2H3. The first-order valence-corrected chi connectivity index (χ1v) is 6.30. The molecular formula is C13H21N3O2. The summed E-state index contributed by atoms with van der Waals surface area (Å²) in [7, 11) is 1.62. The fourth-order valence-corrected chi connectivity index (χ4v) is 2.33. The number of rotatable bonds is 4. The number of nitrogens with zero attached hydrogens (tertiary/aromatic N) is 2. The van der Waals surface area contributed by atoms with Gasteiger partial charge in [-0.05, 0) is 12.5 Å². The summed E-state index contributed by atoms with van der Waals surface area (Å²) in [5, 5.41) is 0. The van der Waals surface area contributed by atoms with Gasteiger partial charge in [-0.3, -0.25) is 4.90 Å². The third-order valence-electron chi connectivity index (χ3n) is 3.29. The first-order valence-electron chi connectivity index (χ1n) is 6.30. The number of nitrogens with two attached hydrogens (primary N) is 1. The van der Waals surface area contributed by atoms with Crippen LogP contribution in [0.1, 0.15) is 18.5 Å². The third kappa shape index (κ3) is 2.98. The zero-order valence-corrected chi connectivity index (χ0v) is 11.0. The van der Waals surface area contributed by atoms with Gasteiger partial charge in [0.15, 0.2) is 0 Å². The second-order valence-electron chi connectivity index (χ2n) is 4.56. The minimum atomic E-state index is 0.203. The Morgan fingerprint density at radius 1 is 1.61 bits per heavy atom. The van der Waals surface area contributed by atoms with E-state index in [4.69, 9.17) is 15.2 Å². The van der Waals surface area contributed by atoms with Gasteiger partial charge in [-0.1, -0.05) is 6.07 Å². The molecule has 0 bridgehead atoms. The van der Waals surface area contributed by atoms with Crippen LogP contribution in [-0.2, 0) is 4.74 Å². The Morgan fingerprint density at radius 2 is 2.44 bits per heavy atom. The molecule has 1 aliphatic rings. The Hall–Kier alpha value is -1.17. The van der Waals surface area contributed by atoms with Crippen molar-refractivity contribution in [2.24, 2.45) is 5.73 Å². The van der Waals surface area contributed by atoms with Gasteiger partial charge in [-0.2, -0.15) is 0 Å². The van der Waals surface area contributed by atoms with Crippen molar-refractivity contribution >= 4 is 0 Å². The average Bonchev–Trinajstić information content (AvgIpc) is 2.40. The van der Waals surface area contributed by atoms with Crippen LogP contribution in [0.25, 0.3) is 0 Å². The molecule has 0 amide bonds. The number of ether oxygens (including phenoxy) is 2. The lowest BCUT2D eigenvalue weighted by Crippen LogP contribution is -2.45. The van der Waals surface area contributed by atoms with Crippen molar-refractivity contribution in [3.8, 4) is 5.88 Å². The van der Waals surface area contributed by atoms with E-state index in [1.54, 1.807) is 7.11 Å². The van der Waals surface area contributed by atoms with E-state index in [0.29, 0.717) is 12.4 Å². The van der Waals surface area contributed by atoms with Gasteiger partial charge in [0.05, 0.1) is 19.8 Å². The molecule has 5 nitrogen and oxygen atoms in total. The summed E-state index contributed by atoms with van der Waals surface area (Å²) in [5.41, 5.74) is 7.04. The van der Waals surface area contributed by atoms with Crippen LogP contribution in [0.5, 0.6) is 5.88 Å². The first-order chi connectivity index (χ1) is 8.74. The molecule has 2 atom stereocenters. The second kappa shape index (κ2) is 6.13. The number of hydrogen-bond donors (Lipinski definition) is 1. The van der Waals surface area contributed by atoms with E-state index in [0.717, 1.165) is 25.3 Å². The molecule has 2 rings (SSSR count). The molecule has 0 aromatic carbocycles. The van der Waals surface area contributed by atoms with Crippen LogP contribution in [0.4, 0.5) is 0 Å². The molecular weight excluding hydrogens is 230 g/mol. The van der Waals surface area contributed by atoms with Crippen LogP contribution < -0.4 is 10.5 Å². The Bertz CT molecular complexity index is 369. The summed E-state index contributed by atoms with van der Waals surface area (Å²) in [6.07, 6.45) is 2.11. The zero-order valence-electron chi connectivity index (χ0n) is 11.0. The van der Waals surface area contributed by atoms with Gasteiger partial charge < -0.3 is 15.2 Å². The van der Waals surface area contributed by atoms with Crippen molar-refractivity contribution in [3.63, 3.8) is 0 Å². The number of aromatic nitrogens is 1. The monoisotopic (exact) mass is 251 g/mol. The summed E-state index contributed by atoms with van der Waals surface area (Å²) in [5.74, 6) is 0.630. The molecule has 2 unspecified atom stereocenters. The van der Waals surface area contributed by atoms with Gasteiger partial charge in [-0.15, -0.1) is 0 Å². The summed E-state index contributed by atoms with van der Waals surface area (Å²) in [4.78, 5) is 6.60. The molecule has 1 aromatic rings. The molecule has 1 aliphatic heterocycles. The molecule has 2 N–H and O–H groups in total. The minimum Gasteiger partial charge on any atom is -0.481 e. The number of hydrogen-bond acceptors (Lipinski definition) is 5. The maximum absolute atomic E-state index is 5.91. The highest BCUT2D eigenvalue weighted by atomic mass is 16.5. The normalized spacial score (nSPS) is 22.7. The first kappa shape index (κ1) is 13.3. The fraction of sp³-hybridized carbons (Fsp3) is 0.615. The van der Waals surface area contributed by atoms with E-state index in [1.807, 2.05) is 18.3 Å². The fourth-order valence-electron chi connectivity index (χ4n) is 2.33. The van der Waals surface area contributed by atoms with Crippen LogP contribution in [-0.4, -0.2) is 49.3 Å². The van der Waals surface area contributed by atoms with Crippen molar-refractivity contribution in [1.82, 2.24) is 9.88 Å². The van der Waals surface area contributed by atoms with Gasteiger partial charge in [0.2, 0.25) is 5.88 Å². The van der Waals surface area contributed by atoms with E-state index in [1.165, 1.54) is 0 Å². The molecule has 0 aliphatic carbocycles. The van der Waals surface area contributed by atoms with E-state index >= 15 is 0 Å². The van der Waals surface area contributed by atoms with Crippen molar-refractivity contribution in [2.45, 2.75) is 19.1 Å². The predicted molar refractivity (Wildman–Crippen MR) is 69.6 cm³/mol. The molecule has 100 valence electrons. The smallest absolute Gasteiger partial charge is 0.212 e. The van der Waals surface area contributed by atoms with Crippen molar-refractivity contribution in [1.29, 1.82) is 0 Å².